The van der Waals surface area contributed by atoms with E-state index in [-0.39, 0.29) is 6.61 Å². The van der Waals surface area contributed by atoms with Gasteiger partial charge in [0.1, 0.15) is 0 Å². The van der Waals surface area contributed by atoms with E-state index in [1.807, 2.05) is 62.6 Å². The lowest BCUT2D eigenvalue weighted by Crippen LogP contribution is -2.07. The van der Waals surface area contributed by atoms with Gasteiger partial charge < -0.3 is 4.90 Å². The Kier molecular flexibility index (Phi) is 6.91. The van der Waals surface area contributed by atoms with Crippen LogP contribution >= 0.6 is 0 Å². The van der Waals surface area contributed by atoms with Crippen LogP contribution in [-0.4, -0.2) is 28.8 Å². The first kappa shape index (κ1) is 17.2. The molecule has 0 radical (unpaired) electrons. The van der Waals surface area contributed by atoms with Crippen LogP contribution in [0.1, 0.15) is 5.56 Å². The molecule has 0 aliphatic carbocycles. The Morgan fingerprint density at radius 3 is 1.76 bits per heavy atom. The Balaban J connectivity index is 0.000000219. The Morgan fingerprint density at radius 2 is 1.38 bits per heavy atom. The summed E-state index contributed by atoms with van der Waals surface area (Å²) < 4.78 is 25.8. The van der Waals surface area contributed by atoms with Gasteiger partial charge in [-0.3, -0.25) is 4.18 Å². The van der Waals surface area contributed by atoms with Crippen LogP contribution in [0, 0.1) is 0 Å². The molecule has 0 aliphatic heterocycles. The van der Waals surface area contributed by atoms with Crippen molar-refractivity contribution in [3.05, 3.63) is 66.2 Å². The fraction of sp³-hybridized carbons (Fsp3) is 0.250. The zero-order valence-electron chi connectivity index (χ0n) is 12.6. The first-order valence-corrected chi connectivity index (χ1v) is 8.31. The zero-order valence-corrected chi connectivity index (χ0v) is 13.4. The second-order valence-corrected chi connectivity index (χ2v) is 6.33. The van der Waals surface area contributed by atoms with E-state index in [4.69, 9.17) is 0 Å². The van der Waals surface area contributed by atoms with Crippen molar-refractivity contribution in [2.75, 3.05) is 25.3 Å². The summed E-state index contributed by atoms with van der Waals surface area (Å²) >= 11 is 0. The molecule has 0 unspecified atom stereocenters. The van der Waals surface area contributed by atoms with E-state index in [0.717, 1.165) is 11.8 Å². The van der Waals surface area contributed by atoms with Gasteiger partial charge in [0.25, 0.3) is 10.1 Å². The highest BCUT2D eigenvalue weighted by molar-refractivity contribution is 7.85. The van der Waals surface area contributed by atoms with Gasteiger partial charge in [-0.15, -0.1) is 0 Å². The van der Waals surface area contributed by atoms with Crippen molar-refractivity contribution < 1.29 is 12.6 Å². The summed E-state index contributed by atoms with van der Waals surface area (Å²) in [7, 11) is 0.752. The summed E-state index contributed by atoms with van der Waals surface area (Å²) in [5, 5.41) is 0. The first-order valence-electron chi connectivity index (χ1n) is 6.49. The summed E-state index contributed by atoms with van der Waals surface area (Å²) in [5.41, 5.74) is 2.10. The van der Waals surface area contributed by atoms with E-state index in [9.17, 15) is 8.42 Å². The van der Waals surface area contributed by atoms with Crippen LogP contribution < -0.4 is 4.90 Å². The Bertz CT molecular complexity index is 610. The second-order valence-electron chi connectivity index (χ2n) is 4.68. The molecule has 114 valence electrons. The van der Waals surface area contributed by atoms with Gasteiger partial charge in [0, 0.05) is 19.8 Å². The molecule has 0 aliphatic rings. The van der Waals surface area contributed by atoms with Crippen LogP contribution in [0.5, 0.6) is 0 Å². The fourth-order valence-electron chi connectivity index (χ4n) is 1.48. The molecule has 0 fully saturated rings. The third kappa shape index (κ3) is 8.12. The molecular weight excluding hydrogens is 286 g/mol. The summed E-state index contributed by atoms with van der Waals surface area (Å²) in [6.07, 6.45) is 1.04. The van der Waals surface area contributed by atoms with Gasteiger partial charge in [0.05, 0.1) is 12.9 Å². The smallest absolute Gasteiger partial charge is 0.264 e. The molecule has 0 saturated carbocycles. The maximum atomic E-state index is 10.6. The number of anilines is 1. The van der Waals surface area contributed by atoms with Gasteiger partial charge in [0.15, 0.2) is 0 Å². The summed E-state index contributed by atoms with van der Waals surface area (Å²) in [6.45, 7) is 0.111. The molecule has 0 bridgehead atoms. The Morgan fingerprint density at radius 1 is 0.905 bits per heavy atom. The highest BCUT2D eigenvalue weighted by atomic mass is 32.2. The van der Waals surface area contributed by atoms with E-state index in [0.29, 0.717) is 0 Å². The molecule has 21 heavy (non-hydrogen) atoms. The van der Waals surface area contributed by atoms with Crippen LogP contribution in [0.25, 0.3) is 0 Å². The maximum absolute atomic E-state index is 10.6. The topological polar surface area (TPSA) is 46.6 Å². The van der Waals surface area contributed by atoms with Crippen molar-refractivity contribution in [2.45, 2.75) is 6.61 Å². The number of rotatable bonds is 4. The fourth-order valence-corrected chi connectivity index (χ4v) is 1.83. The molecule has 0 spiro atoms. The zero-order chi connectivity index (χ0) is 15.7. The largest absolute Gasteiger partial charge is 0.378 e. The molecule has 0 atom stereocenters. The van der Waals surface area contributed by atoms with Gasteiger partial charge in [-0.1, -0.05) is 48.5 Å². The minimum absolute atomic E-state index is 0.111. The lowest BCUT2D eigenvalue weighted by molar-refractivity contribution is 0.311. The molecule has 4 nitrogen and oxygen atoms in total. The molecule has 2 rings (SSSR count). The third-order valence-electron chi connectivity index (χ3n) is 2.56. The van der Waals surface area contributed by atoms with Crippen LogP contribution in [-0.2, 0) is 20.9 Å². The molecular formula is C16H21NO3S. The Labute approximate surface area is 127 Å². The van der Waals surface area contributed by atoms with Gasteiger partial charge >= 0.3 is 0 Å². The number of benzene rings is 2. The molecule has 0 saturated heterocycles. The number of nitrogens with zero attached hydrogens (tertiary/aromatic N) is 1. The highest BCUT2D eigenvalue weighted by Crippen LogP contribution is 2.07. The van der Waals surface area contributed by atoms with Crippen molar-refractivity contribution in [1.82, 2.24) is 0 Å². The van der Waals surface area contributed by atoms with Crippen molar-refractivity contribution in [2.24, 2.45) is 0 Å². The van der Waals surface area contributed by atoms with Gasteiger partial charge in [-0.2, -0.15) is 8.42 Å². The van der Waals surface area contributed by atoms with E-state index in [1.54, 1.807) is 0 Å². The molecule has 0 amide bonds. The van der Waals surface area contributed by atoms with Gasteiger partial charge in [-0.25, -0.2) is 0 Å². The van der Waals surface area contributed by atoms with Gasteiger partial charge in [-0.05, 0) is 17.7 Å². The average Bonchev–Trinajstić information content (AvgIpc) is 2.47. The standard InChI is InChI=1S/C8H11N.C8H10O3S/c1-9(2)8-6-4-3-5-7-8;1-12(9,10)11-7-8-5-3-2-4-6-8/h3-7H,1-2H3;2-6H,7H2,1H3. The lowest BCUT2D eigenvalue weighted by Gasteiger charge is -2.10. The van der Waals surface area contributed by atoms with E-state index in [1.165, 1.54) is 5.69 Å². The van der Waals surface area contributed by atoms with E-state index >= 15 is 0 Å². The summed E-state index contributed by atoms with van der Waals surface area (Å²) in [6, 6.07) is 19.4. The summed E-state index contributed by atoms with van der Waals surface area (Å²) in [4.78, 5) is 2.08. The van der Waals surface area contributed by atoms with Gasteiger partial charge in [0.2, 0.25) is 0 Å². The molecule has 2 aromatic rings. The van der Waals surface area contributed by atoms with Crippen LogP contribution in [0.15, 0.2) is 60.7 Å². The second kappa shape index (κ2) is 8.44. The maximum Gasteiger partial charge on any atom is 0.264 e. The average molecular weight is 307 g/mol. The highest BCUT2D eigenvalue weighted by Gasteiger charge is 2.00. The number of hydrogen-bond donors (Lipinski definition) is 0. The predicted octanol–water partition coefficient (Wildman–Crippen LogP) is 2.92. The molecule has 0 N–H and O–H groups in total. The lowest BCUT2D eigenvalue weighted by atomic mass is 10.2. The minimum atomic E-state index is -3.32. The summed E-state index contributed by atoms with van der Waals surface area (Å²) in [5.74, 6) is 0. The molecule has 2 aromatic carbocycles. The number of hydrogen-bond acceptors (Lipinski definition) is 4. The van der Waals surface area contributed by atoms with Crippen molar-refractivity contribution in [1.29, 1.82) is 0 Å². The third-order valence-corrected chi connectivity index (χ3v) is 3.10. The number of para-hydroxylation sites is 1. The normalized spacial score (nSPS) is 10.4. The Hall–Kier alpha value is -1.85. The van der Waals surface area contributed by atoms with Crippen molar-refractivity contribution in [3.63, 3.8) is 0 Å². The van der Waals surface area contributed by atoms with Crippen LogP contribution in [0.3, 0.4) is 0 Å². The van der Waals surface area contributed by atoms with Crippen LogP contribution in [0.4, 0.5) is 5.69 Å². The monoisotopic (exact) mass is 307 g/mol. The predicted molar refractivity (Wildman–Crippen MR) is 86.8 cm³/mol. The first-order chi connectivity index (χ1) is 9.88. The van der Waals surface area contributed by atoms with Crippen LogP contribution in [0.2, 0.25) is 0 Å². The molecule has 0 aromatic heterocycles. The minimum Gasteiger partial charge on any atom is -0.378 e. The van der Waals surface area contributed by atoms with E-state index in [2.05, 4.69) is 21.2 Å². The van der Waals surface area contributed by atoms with Crippen molar-refractivity contribution in [3.8, 4) is 0 Å². The van der Waals surface area contributed by atoms with E-state index < -0.39 is 10.1 Å². The quantitative estimate of drug-likeness (QED) is 0.815. The SMILES string of the molecule is CN(C)c1ccccc1.CS(=O)(=O)OCc1ccccc1. The molecule has 5 heteroatoms. The van der Waals surface area contributed by atoms with Crippen molar-refractivity contribution >= 4 is 15.8 Å². The molecule has 0 heterocycles.